The molecule has 0 rings (SSSR count). The quantitative estimate of drug-likeness (QED) is 0.494. The van der Waals surface area contributed by atoms with Gasteiger partial charge < -0.3 is 21.1 Å². The van der Waals surface area contributed by atoms with Gasteiger partial charge in [-0.15, -0.1) is 0 Å². The molecule has 0 saturated carbocycles. The Bertz CT molecular complexity index is 275. The van der Waals surface area contributed by atoms with E-state index in [1.165, 1.54) is 7.11 Å². The summed E-state index contributed by atoms with van der Waals surface area (Å²) < 4.78 is 4.37. The predicted molar refractivity (Wildman–Crippen MR) is 102 cm³/mol. The van der Waals surface area contributed by atoms with Crippen LogP contribution in [0, 0.1) is 11.8 Å². The molecule has 5 heteroatoms. The first-order valence-corrected chi connectivity index (χ1v) is 8.47. The lowest BCUT2D eigenvalue weighted by Gasteiger charge is -2.10. The molecule has 0 aliphatic rings. The van der Waals surface area contributed by atoms with E-state index >= 15 is 0 Å². The Morgan fingerprint density at radius 2 is 1.70 bits per heavy atom. The van der Waals surface area contributed by atoms with Crippen LogP contribution in [0.4, 0.5) is 0 Å². The average molecular weight is 332 g/mol. The summed E-state index contributed by atoms with van der Waals surface area (Å²) in [4.78, 5) is 10.3. The highest BCUT2D eigenvalue weighted by Crippen LogP contribution is 1.92. The van der Waals surface area contributed by atoms with Crippen molar-refractivity contribution >= 4 is 5.97 Å². The number of likely N-dealkylation sites (N-methyl/N-ethyl adjacent to an activating group) is 1. The lowest BCUT2D eigenvalue weighted by Crippen LogP contribution is -2.29. The zero-order valence-corrected chi connectivity index (χ0v) is 16.8. The highest BCUT2D eigenvalue weighted by atomic mass is 16.5. The predicted octanol–water partition coefficient (Wildman–Crippen LogP) is 2.57. The van der Waals surface area contributed by atoms with Gasteiger partial charge in [-0.1, -0.05) is 39.8 Å². The van der Waals surface area contributed by atoms with Crippen LogP contribution in [0.1, 0.15) is 48.5 Å². The molecular weight excluding hydrogens is 290 g/mol. The second-order valence-electron chi connectivity index (χ2n) is 6.22. The molecule has 0 aliphatic carbocycles. The summed E-state index contributed by atoms with van der Waals surface area (Å²) in [6.45, 7) is 16.1. The maximum Gasteiger partial charge on any atom is 0.308 e. The number of methoxy groups -OCH3 is 1. The highest BCUT2D eigenvalue weighted by Gasteiger charge is 2.03. The van der Waals surface area contributed by atoms with Crippen molar-refractivity contribution in [3.8, 4) is 0 Å². The molecule has 0 bridgehead atoms. The topological polar surface area (TPSA) is 76.4 Å². The second kappa shape index (κ2) is 19.1. The van der Waals surface area contributed by atoms with Crippen molar-refractivity contribution in [2.24, 2.45) is 17.6 Å². The smallest absolute Gasteiger partial charge is 0.308 e. The Balaban J connectivity index is -0.000000272. The summed E-state index contributed by atoms with van der Waals surface area (Å²) in [6, 6.07) is 0.984. The lowest BCUT2D eigenvalue weighted by molar-refractivity contribution is -0.144. The Morgan fingerprint density at radius 3 is 1.87 bits per heavy atom. The van der Waals surface area contributed by atoms with E-state index in [2.05, 4.69) is 48.3 Å². The first kappa shape index (κ1) is 27.0. The van der Waals surface area contributed by atoms with Crippen LogP contribution in [-0.4, -0.2) is 45.3 Å². The van der Waals surface area contributed by atoms with Crippen molar-refractivity contribution in [2.45, 2.75) is 60.5 Å². The maximum absolute atomic E-state index is 10.3. The number of hydrogen-bond donors (Lipinski definition) is 3. The number of nitrogens with one attached hydrogen (secondary N) is 2. The first-order valence-electron chi connectivity index (χ1n) is 8.47. The van der Waals surface area contributed by atoms with E-state index in [9.17, 15) is 4.79 Å². The molecular formula is C18H41N3O2. The molecule has 0 radical (unpaired) electrons. The molecule has 0 fully saturated rings. The third kappa shape index (κ3) is 26.3. The summed E-state index contributed by atoms with van der Waals surface area (Å²) in [5, 5.41) is 6.39. The zero-order chi connectivity index (χ0) is 18.8. The van der Waals surface area contributed by atoms with E-state index in [-0.39, 0.29) is 11.9 Å². The van der Waals surface area contributed by atoms with Crippen LogP contribution in [-0.2, 0) is 9.53 Å². The van der Waals surface area contributed by atoms with Crippen LogP contribution in [0.5, 0.6) is 0 Å². The summed E-state index contributed by atoms with van der Waals surface area (Å²) in [5.74, 6) is 0.595. The largest absolute Gasteiger partial charge is 0.469 e. The normalized spacial score (nSPS) is 13.0. The van der Waals surface area contributed by atoms with Gasteiger partial charge >= 0.3 is 5.97 Å². The van der Waals surface area contributed by atoms with Crippen LogP contribution in [0.15, 0.2) is 12.2 Å². The van der Waals surface area contributed by atoms with Gasteiger partial charge in [0.1, 0.15) is 0 Å². The standard InChI is InChI=1S/C9H19N.C5H10O2.C4H12N2/c1-5-6-9(4)10-7-8(2)3;1-4(2)5(6)7-3;1-4(3-5)6-2/h5-6,8-10H,7H2,1-4H3;4H,1-3H3;4,6H,3,5H2,1-2H3/b6-5+;;. The molecule has 140 valence electrons. The number of rotatable bonds is 7. The molecule has 0 heterocycles. The monoisotopic (exact) mass is 331 g/mol. The van der Waals surface area contributed by atoms with E-state index in [0.29, 0.717) is 12.1 Å². The third-order valence-electron chi connectivity index (χ3n) is 2.85. The van der Waals surface area contributed by atoms with Gasteiger partial charge in [0.05, 0.1) is 13.0 Å². The van der Waals surface area contributed by atoms with Gasteiger partial charge in [0, 0.05) is 18.6 Å². The SMILES string of the molecule is C/C=C/C(C)NCC(C)C.CNC(C)CN.COC(=O)C(C)C. The number of carbonyl (C=O) groups excluding carboxylic acids is 1. The second-order valence-corrected chi connectivity index (χ2v) is 6.22. The molecule has 0 saturated heterocycles. The Kier molecular flexibility index (Phi) is 22.4. The number of nitrogens with two attached hydrogens (primary N) is 1. The molecule has 2 atom stereocenters. The van der Waals surface area contributed by atoms with Crippen molar-refractivity contribution < 1.29 is 9.53 Å². The minimum absolute atomic E-state index is 0.00463. The molecule has 2 unspecified atom stereocenters. The van der Waals surface area contributed by atoms with E-state index < -0.39 is 0 Å². The van der Waals surface area contributed by atoms with Gasteiger partial charge in [-0.25, -0.2) is 0 Å². The minimum atomic E-state index is -0.153. The molecule has 4 N–H and O–H groups in total. The summed E-state index contributed by atoms with van der Waals surface area (Å²) in [6.07, 6.45) is 4.25. The van der Waals surface area contributed by atoms with Crippen molar-refractivity contribution in [3.63, 3.8) is 0 Å². The van der Waals surface area contributed by atoms with Crippen LogP contribution in [0.3, 0.4) is 0 Å². The fourth-order valence-corrected chi connectivity index (χ4v) is 1.13. The van der Waals surface area contributed by atoms with Gasteiger partial charge in [-0.05, 0) is 40.3 Å². The average Bonchev–Trinajstić information content (AvgIpc) is 2.52. The van der Waals surface area contributed by atoms with Gasteiger partial charge in [-0.3, -0.25) is 4.79 Å². The fourth-order valence-electron chi connectivity index (χ4n) is 1.13. The Labute approximate surface area is 144 Å². The van der Waals surface area contributed by atoms with E-state index in [1.54, 1.807) is 13.8 Å². The van der Waals surface area contributed by atoms with Gasteiger partial charge in [0.15, 0.2) is 0 Å². The van der Waals surface area contributed by atoms with Crippen molar-refractivity contribution in [1.29, 1.82) is 0 Å². The van der Waals surface area contributed by atoms with E-state index in [1.807, 2.05) is 20.9 Å². The first-order chi connectivity index (χ1) is 10.7. The molecule has 0 amide bonds. The molecule has 5 nitrogen and oxygen atoms in total. The number of ether oxygens (including phenoxy) is 1. The highest BCUT2D eigenvalue weighted by molar-refractivity contribution is 5.71. The van der Waals surface area contributed by atoms with Crippen LogP contribution in [0.25, 0.3) is 0 Å². The molecule has 0 aromatic rings. The summed E-state index contributed by atoms with van der Waals surface area (Å²) in [5.41, 5.74) is 5.22. The summed E-state index contributed by atoms with van der Waals surface area (Å²) >= 11 is 0. The third-order valence-corrected chi connectivity index (χ3v) is 2.85. The van der Waals surface area contributed by atoms with Gasteiger partial charge in [-0.2, -0.15) is 0 Å². The fraction of sp³-hybridized carbons (Fsp3) is 0.833. The van der Waals surface area contributed by atoms with E-state index in [0.717, 1.165) is 19.0 Å². The number of allylic oxidation sites excluding steroid dienone is 1. The maximum atomic E-state index is 10.3. The summed E-state index contributed by atoms with van der Waals surface area (Å²) in [7, 11) is 3.29. The minimum Gasteiger partial charge on any atom is -0.469 e. The van der Waals surface area contributed by atoms with Crippen LogP contribution < -0.4 is 16.4 Å². The lowest BCUT2D eigenvalue weighted by atomic mass is 10.2. The number of carbonyl (C=O) groups is 1. The van der Waals surface area contributed by atoms with E-state index in [4.69, 9.17) is 5.73 Å². The number of esters is 1. The Hall–Kier alpha value is -0.910. The number of hydrogen-bond acceptors (Lipinski definition) is 5. The van der Waals surface area contributed by atoms with Crippen molar-refractivity contribution in [2.75, 3.05) is 27.2 Å². The zero-order valence-electron chi connectivity index (χ0n) is 16.8. The molecule has 0 aromatic carbocycles. The van der Waals surface area contributed by atoms with Crippen LogP contribution >= 0.6 is 0 Å². The molecule has 0 aliphatic heterocycles. The van der Waals surface area contributed by atoms with Crippen LogP contribution in [0.2, 0.25) is 0 Å². The Morgan fingerprint density at radius 1 is 1.17 bits per heavy atom. The van der Waals surface area contributed by atoms with Crippen molar-refractivity contribution in [3.05, 3.63) is 12.2 Å². The van der Waals surface area contributed by atoms with Gasteiger partial charge in [0.2, 0.25) is 0 Å². The van der Waals surface area contributed by atoms with Crippen molar-refractivity contribution in [1.82, 2.24) is 10.6 Å². The molecule has 23 heavy (non-hydrogen) atoms. The van der Waals surface area contributed by atoms with Gasteiger partial charge in [0.25, 0.3) is 0 Å². The molecule has 0 spiro atoms. The molecule has 0 aromatic heterocycles.